The SMILES string of the molecule is CCCNC(c1cnnn1CCC)C(C)CCC. The van der Waals surface area contributed by atoms with Crippen LogP contribution in [0.5, 0.6) is 0 Å². The van der Waals surface area contributed by atoms with E-state index in [1.54, 1.807) is 0 Å². The fraction of sp³-hybridized carbons (Fsp3) is 0.857. The van der Waals surface area contributed by atoms with Gasteiger partial charge in [0.05, 0.1) is 17.9 Å². The molecule has 104 valence electrons. The lowest BCUT2D eigenvalue weighted by atomic mass is 9.94. The number of nitrogens with one attached hydrogen (secondary N) is 1. The third-order valence-electron chi connectivity index (χ3n) is 3.33. The van der Waals surface area contributed by atoms with E-state index in [1.165, 1.54) is 18.5 Å². The first-order valence-corrected chi connectivity index (χ1v) is 7.36. The molecule has 0 amide bonds. The molecule has 1 heterocycles. The van der Waals surface area contributed by atoms with Gasteiger partial charge < -0.3 is 5.32 Å². The van der Waals surface area contributed by atoms with Gasteiger partial charge in [-0.15, -0.1) is 5.10 Å². The second kappa shape index (κ2) is 8.25. The van der Waals surface area contributed by atoms with Gasteiger partial charge in [-0.25, -0.2) is 4.68 Å². The first kappa shape index (κ1) is 15.2. The minimum Gasteiger partial charge on any atom is -0.308 e. The highest BCUT2D eigenvalue weighted by Gasteiger charge is 2.22. The van der Waals surface area contributed by atoms with Crippen molar-refractivity contribution in [1.29, 1.82) is 0 Å². The van der Waals surface area contributed by atoms with E-state index in [1.807, 2.05) is 6.20 Å². The van der Waals surface area contributed by atoms with Crippen molar-refractivity contribution in [3.8, 4) is 0 Å². The highest BCUT2D eigenvalue weighted by Crippen LogP contribution is 2.25. The maximum absolute atomic E-state index is 4.20. The Balaban J connectivity index is 2.82. The molecule has 0 fully saturated rings. The fourth-order valence-electron chi connectivity index (χ4n) is 2.41. The molecule has 0 aliphatic rings. The molecule has 1 aromatic heterocycles. The number of hydrogen-bond acceptors (Lipinski definition) is 3. The molecule has 18 heavy (non-hydrogen) atoms. The largest absolute Gasteiger partial charge is 0.308 e. The minimum atomic E-state index is 0.381. The van der Waals surface area contributed by atoms with Crippen molar-refractivity contribution in [2.24, 2.45) is 5.92 Å². The summed E-state index contributed by atoms with van der Waals surface area (Å²) in [6, 6.07) is 0.381. The lowest BCUT2D eigenvalue weighted by Gasteiger charge is -2.25. The average molecular weight is 252 g/mol. The molecule has 0 bridgehead atoms. The number of rotatable bonds is 9. The Morgan fingerprint density at radius 3 is 2.61 bits per heavy atom. The molecule has 4 nitrogen and oxygen atoms in total. The lowest BCUT2D eigenvalue weighted by Crippen LogP contribution is -2.30. The lowest BCUT2D eigenvalue weighted by molar-refractivity contribution is 0.341. The van der Waals surface area contributed by atoms with Gasteiger partial charge in [0.25, 0.3) is 0 Å². The van der Waals surface area contributed by atoms with Gasteiger partial charge in [-0.1, -0.05) is 39.3 Å². The van der Waals surface area contributed by atoms with Crippen molar-refractivity contribution >= 4 is 0 Å². The summed E-state index contributed by atoms with van der Waals surface area (Å²) in [5.74, 6) is 0.621. The van der Waals surface area contributed by atoms with Gasteiger partial charge in [-0.2, -0.15) is 0 Å². The zero-order valence-corrected chi connectivity index (χ0v) is 12.3. The highest BCUT2D eigenvalue weighted by molar-refractivity contribution is 5.04. The van der Waals surface area contributed by atoms with Crippen LogP contribution < -0.4 is 5.32 Å². The normalized spacial score (nSPS) is 14.7. The Labute approximate surface area is 111 Å². The van der Waals surface area contributed by atoms with Crippen molar-refractivity contribution in [2.75, 3.05) is 6.54 Å². The monoisotopic (exact) mass is 252 g/mol. The molecule has 1 rings (SSSR count). The second-order valence-corrected chi connectivity index (χ2v) is 5.08. The van der Waals surface area contributed by atoms with Crippen LogP contribution in [0.2, 0.25) is 0 Å². The number of hydrogen-bond donors (Lipinski definition) is 1. The first-order valence-electron chi connectivity index (χ1n) is 7.36. The standard InChI is InChI=1S/C14H28N4/c1-5-8-12(4)14(15-9-6-2)13-11-16-17-18(13)10-7-3/h11-12,14-15H,5-10H2,1-4H3. The van der Waals surface area contributed by atoms with E-state index in [0.717, 1.165) is 25.9 Å². The Bertz CT molecular complexity index is 321. The number of aromatic nitrogens is 3. The second-order valence-electron chi connectivity index (χ2n) is 5.08. The van der Waals surface area contributed by atoms with Crippen LogP contribution in [0.3, 0.4) is 0 Å². The molecule has 0 saturated carbocycles. The van der Waals surface area contributed by atoms with Crippen LogP contribution in [0.1, 0.15) is 65.1 Å². The van der Waals surface area contributed by atoms with Crippen LogP contribution >= 0.6 is 0 Å². The van der Waals surface area contributed by atoms with Gasteiger partial charge in [0.15, 0.2) is 0 Å². The van der Waals surface area contributed by atoms with Gasteiger partial charge in [0.1, 0.15) is 0 Å². The quantitative estimate of drug-likeness (QED) is 0.734. The van der Waals surface area contributed by atoms with Gasteiger partial charge in [-0.05, 0) is 31.7 Å². The van der Waals surface area contributed by atoms with Gasteiger partial charge in [0.2, 0.25) is 0 Å². The summed E-state index contributed by atoms with van der Waals surface area (Å²) in [6.45, 7) is 11.0. The van der Waals surface area contributed by atoms with E-state index in [4.69, 9.17) is 0 Å². The molecule has 2 unspecified atom stereocenters. The van der Waals surface area contributed by atoms with Gasteiger partial charge in [-0.3, -0.25) is 0 Å². The van der Waals surface area contributed by atoms with Crippen LogP contribution in [-0.4, -0.2) is 21.5 Å². The molecule has 2 atom stereocenters. The predicted octanol–water partition coefficient (Wildman–Crippen LogP) is 3.17. The van der Waals surface area contributed by atoms with E-state index < -0.39 is 0 Å². The number of nitrogens with zero attached hydrogens (tertiary/aromatic N) is 3. The Kier molecular flexibility index (Phi) is 6.94. The summed E-state index contributed by atoms with van der Waals surface area (Å²) in [6.07, 6.45) is 6.64. The predicted molar refractivity (Wildman–Crippen MR) is 75.4 cm³/mol. The zero-order valence-electron chi connectivity index (χ0n) is 12.3. The van der Waals surface area contributed by atoms with E-state index in [-0.39, 0.29) is 0 Å². The fourth-order valence-corrected chi connectivity index (χ4v) is 2.41. The minimum absolute atomic E-state index is 0.381. The molecule has 0 aromatic carbocycles. The maximum Gasteiger partial charge on any atom is 0.0759 e. The summed E-state index contributed by atoms with van der Waals surface area (Å²) in [7, 11) is 0. The Morgan fingerprint density at radius 2 is 2.00 bits per heavy atom. The molecule has 0 saturated heterocycles. The smallest absolute Gasteiger partial charge is 0.0759 e. The molecule has 1 aromatic rings. The zero-order chi connectivity index (χ0) is 13.4. The van der Waals surface area contributed by atoms with Crippen LogP contribution in [0.15, 0.2) is 6.20 Å². The Hall–Kier alpha value is -0.900. The molecule has 4 heteroatoms. The summed E-state index contributed by atoms with van der Waals surface area (Å²) < 4.78 is 2.06. The van der Waals surface area contributed by atoms with Gasteiger partial charge >= 0.3 is 0 Å². The summed E-state index contributed by atoms with van der Waals surface area (Å²) >= 11 is 0. The van der Waals surface area contributed by atoms with Crippen LogP contribution in [0, 0.1) is 5.92 Å². The number of aryl methyl sites for hydroxylation is 1. The average Bonchev–Trinajstić information content (AvgIpc) is 2.79. The van der Waals surface area contributed by atoms with Crippen molar-refractivity contribution in [3.63, 3.8) is 0 Å². The molecule has 1 N–H and O–H groups in total. The van der Waals surface area contributed by atoms with Crippen LogP contribution in [0.4, 0.5) is 0 Å². The van der Waals surface area contributed by atoms with E-state index in [0.29, 0.717) is 12.0 Å². The topological polar surface area (TPSA) is 42.7 Å². The summed E-state index contributed by atoms with van der Waals surface area (Å²) in [5.41, 5.74) is 1.24. The van der Waals surface area contributed by atoms with Crippen molar-refractivity contribution in [2.45, 2.75) is 66.0 Å². The third kappa shape index (κ3) is 4.09. The maximum atomic E-state index is 4.20. The molecular formula is C14H28N4. The van der Waals surface area contributed by atoms with E-state index in [9.17, 15) is 0 Å². The van der Waals surface area contributed by atoms with Crippen molar-refractivity contribution < 1.29 is 0 Å². The first-order chi connectivity index (χ1) is 8.74. The summed E-state index contributed by atoms with van der Waals surface area (Å²) in [4.78, 5) is 0. The van der Waals surface area contributed by atoms with Crippen molar-refractivity contribution in [1.82, 2.24) is 20.3 Å². The van der Waals surface area contributed by atoms with Crippen LogP contribution in [-0.2, 0) is 6.54 Å². The molecule has 0 spiro atoms. The van der Waals surface area contributed by atoms with Gasteiger partial charge in [0, 0.05) is 6.54 Å². The molecular weight excluding hydrogens is 224 g/mol. The van der Waals surface area contributed by atoms with E-state index in [2.05, 4.69) is 48.0 Å². The Morgan fingerprint density at radius 1 is 1.22 bits per heavy atom. The molecule has 0 aliphatic heterocycles. The molecule has 0 aliphatic carbocycles. The van der Waals surface area contributed by atoms with Crippen molar-refractivity contribution in [3.05, 3.63) is 11.9 Å². The summed E-state index contributed by atoms with van der Waals surface area (Å²) in [5, 5.41) is 11.9. The third-order valence-corrected chi connectivity index (χ3v) is 3.33. The van der Waals surface area contributed by atoms with E-state index >= 15 is 0 Å². The van der Waals surface area contributed by atoms with Crippen LogP contribution in [0.25, 0.3) is 0 Å². The molecule has 0 radical (unpaired) electrons. The highest BCUT2D eigenvalue weighted by atomic mass is 15.4.